The highest BCUT2D eigenvalue weighted by Gasteiger charge is 2.36. The predicted octanol–water partition coefficient (Wildman–Crippen LogP) is 6.03. The minimum absolute atomic E-state index is 0.0139. The van der Waals surface area contributed by atoms with Crippen LogP contribution in [0.5, 0.6) is 0 Å². The number of carbonyl (C=O) groups is 1. The van der Waals surface area contributed by atoms with Gasteiger partial charge in [0.2, 0.25) is 0 Å². The zero-order valence-corrected chi connectivity index (χ0v) is 19.0. The number of carbonyl (C=O) groups excluding carboxylic acids is 1. The van der Waals surface area contributed by atoms with Crippen molar-refractivity contribution < 1.29 is 14.4 Å². The van der Waals surface area contributed by atoms with E-state index in [0.717, 1.165) is 25.8 Å². The number of quaternary nitrogens is 1. The molecule has 28 heavy (non-hydrogen) atoms. The molecule has 0 aromatic rings. The van der Waals surface area contributed by atoms with Gasteiger partial charge in [-0.1, -0.05) is 91.4 Å². The molecule has 2 unspecified atom stereocenters. The van der Waals surface area contributed by atoms with Crippen molar-refractivity contribution in [2.45, 2.75) is 111 Å². The fraction of sp³-hybridized carbons (Fsp3) is 0.875. The second-order valence-corrected chi connectivity index (χ2v) is 8.83. The predicted molar refractivity (Wildman–Crippen MR) is 116 cm³/mol. The molecule has 1 heterocycles. The Labute approximate surface area is 174 Å². The smallest absolute Gasteiger partial charge is 0.263 e. The summed E-state index contributed by atoms with van der Waals surface area (Å²) in [6, 6.07) is 0. The summed E-state index contributed by atoms with van der Waals surface area (Å²) in [5.41, 5.74) is 0. The molecule has 0 spiro atoms. The highest BCUT2D eigenvalue weighted by molar-refractivity contribution is 5.55. The maximum atomic E-state index is 11.9. The SMILES string of the molecule is CCCCCCCCCCCCN1C=C[N+](CC(CC)CCCC)(C(=O)[O-])C1. The summed E-state index contributed by atoms with van der Waals surface area (Å²) in [4.78, 5) is 14.1. The molecule has 0 saturated carbocycles. The molecule has 1 aliphatic heterocycles. The lowest BCUT2D eigenvalue weighted by Gasteiger charge is -2.35. The van der Waals surface area contributed by atoms with Crippen LogP contribution >= 0.6 is 0 Å². The molecule has 164 valence electrons. The molecule has 4 nitrogen and oxygen atoms in total. The van der Waals surface area contributed by atoms with E-state index >= 15 is 0 Å². The van der Waals surface area contributed by atoms with E-state index in [1.165, 1.54) is 70.6 Å². The summed E-state index contributed by atoms with van der Waals surface area (Å²) >= 11 is 0. The van der Waals surface area contributed by atoms with Gasteiger partial charge in [-0.25, -0.2) is 4.48 Å². The van der Waals surface area contributed by atoms with Gasteiger partial charge < -0.3 is 14.8 Å². The third-order valence-corrected chi connectivity index (χ3v) is 6.29. The third-order valence-electron chi connectivity index (χ3n) is 6.29. The normalized spacial score (nSPS) is 20.0. The van der Waals surface area contributed by atoms with E-state index in [4.69, 9.17) is 0 Å². The van der Waals surface area contributed by atoms with Gasteiger partial charge in [0.15, 0.2) is 6.67 Å². The molecular weight excluding hydrogens is 348 g/mol. The molecule has 2 atom stereocenters. The van der Waals surface area contributed by atoms with E-state index in [0.29, 0.717) is 19.1 Å². The van der Waals surface area contributed by atoms with E-state index in [1.807, 2.05) is 12.4 Å². The largest absolute Gasteiger partial charge is 0.498 e. The van der Waals surface area contributed by atoms with Crippen LogP contribution < -0.4 is 5.11 Å². The van der Waals surface area contributed by atoms with Crippen molar-refractivity contribution in [3.63, 3.8) is 0 Å². The standard InChI is InChI=1S/C24H46N2O2/c1-4-7-9-10-11-12-13-14-15-16-18-25-19-20-26(22-25,24(27)28)21-23(6-3)17-8-5-2/h19-20,23H,4-18,21-22H2,1-3H3. The van der Waals surface area contributed by atoms with Crippen molar-refractivity contribution in [2.24, 2.45) is 5.92 Å². The van der Waals surface area contributed by atoms with Crippen LogP contribution in [0.3, 0.4) is 0 Å². The van der Waals surface area contributed by atoms with Crippen LogP contribution in [0.4, 0.5) is 4.79 Å². The first-order valence-electron chi connectivity index (χ1n) is 12.1. The molecule has 0 N–H and O–H groups in total. The van der Waals surface area contributed by atoms with E-state index in [2.05, 4.69) is 25.7 Å². The molecule has 0 aromatic heterocycles. The number of amides is 1. The summed E-state index contributed by atoms with van der Waals surface area (Å²) in [5.74, 6) is 0.458. The van der Waals surface area contributed by atoms with Crippen molar-refractivity contribution in [2.75, 3.05) is 19.8 Å². The van der Waals surface area contributed by atoms with Crippen LogP contribution in [0.25, 0.3) is 0 Å². The first-order valence-corrected chi connectivity index (χ1v) is 12.1. The van der Waals surface area contributed by atoms with E-state index in [-0.39, 0.29) is 4.48 Å². The van der Waals surface area contributed by atoms with E-state index < -0.39 is 6.09 Å². The monoisotopic (exact) mass is 394 g/mol. The average molecular weight is 395 g/mol. The number of unbranched alkanes of at least 4 members (excludes halogenated alkanes) is 10. The van der Waals surface area contributed by atoms with Crippen molar-refractivity contribution in [1.82, 2.24) is 4.90 Å². The van der Waals surface area contributed by atoms with Gasteiger partial charge in [-0.3, -0.25) is 0 Å². The molecule has 1 aliphatic rings. The molecule has 1 rings (SSSR count). The fourth-order valence-electron chi connectivity index (χ4n) is 4.28. The number of rotatable bonds is 17. The van der Waals surface area contributed by atoms with Gasteiger partial charge in [-0.15, -0.1) is 0 Å². The van der Waals surface area contributed by atoms with Crippen LogP contribution in [0.1, 0.15) is 111 Å². The van der Waals surface area contributed by atoms with Gasteiger partial charge in [0.05, 0.1) is 12.7 Å². The maximum Gasteiger partial charge on any atom is 0.263 e. The summed E-state index contributed by atoms with van der Waals surface area (Å²) in [6.07, 6.45) is 20.7. The Kier molecular flexibility index (Phi) is 13.3. The molecule has 1 amide bonds. The van der Waals surface area contributed by atoms with E-state index in [9.17, 15) is 9.90 Å². The molecule has 0 radical (unpaired) electrons. The second kappa shape index (κ2) is 14.9. The maximum absolute atomic E-state index is 11.9. The Hall–Kier alpha value is -1.03. The van der Waals surface area contributed by atoms with Crippen LogP contribution in [0.2, 0.25) is 0 Å². The third kappa shape index (κ3) is 9.45. The topological polar surface area (TPSA) is 43.4 Å². The molecule has 4 heteroatoms. The highest BCUT2D eigenvalue weighted by Crippen LogP contribution is 2.25. The van der Waals surface area contributed by atoms with Gasteiger partial charge >= 0.3 is 0 Å². The lowest BCUT2D eigenvalue weighted by atomic mass is 9.98. The van der Waals surface area contributed by atoms with Crippen LogP contribution in [-0.4, -0.2) is 35.2 Å². The Bertz CT molecular complexity index is 438. The van der Waals surface area contributed by atoms with Gasteiger partial charge in [0, 0.05) is 12.5 Å². The first kappa shape index (κ1) is 25.0. The zero-order chi connectivity index (χ0) is 20.7. The van der Waals surface area contributed by atoms with Gasteiger partial charge in [0.1, 0.15) is 6.20 Å². The molecule has 0 aromatic carbocycles. The number of hydrogen-bond donors (Lipinski definition) is 0. The second-order valence-electron chi connectivity index (χ2n) is 8.83. The Morgan fingerprint density at radius 1 is 0.929 bits per heavy atom. The quantitative estimate of drug-likeness (QED) is 0.223. The Balaban J connectivity index is 2.23. The van der Waals surface area contributed by atoms with Crippen LogP contribution in [0.15, 0.2) is 12.4 Å². The van der Waals surface area contributed by atoms with Crippen molar-refractivity contribution in [3.05, 3.63) is 12.4 Å². The number of carboxylic acid groups (broad SMARTS) is 1. The Morgan fingerprint density at radius 2 is 1.50 bits per heavy atom. The number of nitrogens with zero attached hydrogens (tertiary/aromatic N) is 2. The molecule has 0 fully saturated rings. The highest BCUT2D eigenvalue weighted by atomic mass is 16.4. The van der Waals surface area contributed by atoms with Gasteiger partial charge in [0.25, 0.3) is 6.09 Å². The van der Waals surface area contributed by atoms with Crippen molar-refractivity contribution >= 4 is 6.09 Å². The summed E-state index contributed by atoms with van der Waals surface area (Å²) < 4.78 is -0.0139. The minimum atomic E-state index is -0.947. The van der Waals surface area contributed by atoms with Crippen molar-refractivity contribution in [1.29, 1.82) is 0 Å². The summed E-state index contributed by atoms with van der Waals surface area (Å²) in [7, 11) is 0. The summed E-state index contributed by atoms with van der Waals surface area (Å²) in [6.45, 7) is 8.81. The number of hydrogen-bond acceptors (Lipinski definition) is 3. The molecule has 0 saturated heterocycles. The molecular formula is C24H46N2O2. The van der Waals surface area contributed by atoms with Crippen LogP contribution in [-0.2, 0) is 0 Å². The molecule has 0 bridgehead atoms. The fourth-order valence-corrected chi connectivity index (χ4v) is 4.28. The zero-order valence-electron chi connectivity index (χ0n) is 19.0. The average Bonchev–Trinajstić information content (AvgIpc) is 3.11. The lowest BCUT2D eigenvalue weighted by molar-refractivity contribution is -0.833. The summed E-state index contributed by atoms with van der Waals surface area (Å²) in [5, 5.41) is 11.9. The minimum Gasteiger partial charge on any atom is -0.498 e. The Morgan fingerprint density at radius 3 is 2.04 bits per heavy atom. The first-order chi connectivity index (χ1) is 13.6. The van der Waals surface area contributed by atoms with Gasteiger partial charge in [-0.05, 0) is 19.3 Å². The van der Waals surface area contributed by atoms with E-state index in [1.54, 1.807) is 0 Å². The van der Waals surface area contributed by atoms with Gasteiger partial charge in [-0.2, -0.15) is 0 Å². The molecule has 0 aliphatic carbocycles. The van der Waals surface area contributed by atoms with Crippen molar-refractivity contribution in [3.8, 4) is 0 Å². The van der Waals surface area contributed by atoms with Crippen LogP contribution in [0, 0.1) is 5.92 Å². The lowest BCUT2D eigenvalue weighted by Crippen LogP contribution is -2.57.